The van der Waals surface area contributed by atoms with Crippen molar-refractivity contribution >= 4 is 17.6 Å². The number of nitrogens with zero attached hydrogens (tertiary/aromatic N) is 4. The maximum Gasteiger partial charge on any atom is 0.223 e. The number of rotatable bonds is 6. The average molecular weight is 342 g/mol. The third-order valence-corrected chi connectivity index (χ3v) is 4.18. The summed E-state index contributed by atoms with van der Waals surface area (Å²) in [6.07, 6.45) is 4.66. The molecular formula is C18H26N6O. The number of nitrogen functional groups attached to an aromatic ring is 1. The van der Waals surface area contributed by atoms with E-state index in [1.165, 1.54) is 0 Å². The minimum atomic E-state index is 0.125. The van der Waals surface area contributed by atoms with Crippen LogP contribution < -0.4 is 16.0 Å². The zero-order valence-electron chi connectivity index (χ0n) is 14.9. The first-order valence-corrected chi connectivity index (χ1v) is 8.75. The lowest BCUT2D eigenvalue weighted by molar-refractivity contribution is 0.122. The van der Waals surface area contributed by atoms with E-state index < -0.39 is 0 Å². The summed E-state index contributed by atoms with van der Waals surface area (Å²) in [6, 6.07) is 6.13. The Morgan fingerprint density at radius 2 is 2.08 bits per heavy atom. The van der Waals surface area contributed by atoms with Crippen molar-refractivity contribution in [2.45, 2.75) is 26.3 Å². The molecule has 0 saturated carbocycles. The summed E-state index contributed by atoms with van der Waals surface area (Å²) in [4.78, 5) is 15.2. The number of nitrogens with two attached hydrogens (primary N) is 1. The molecule has 0 aliphatic carbocycles. The highest BCUT2D eigenvalue weighted by Gasteiger charge is 2.18. The molecule has 1 fully saturated rings. The van der Waals surface area contributed by atoms with E-state index in [2.05, 4.69) is 45.1 Å². The van der Waals surface area contributed by atoms with Crippen molar-refractivity contribution < 1.29 is 4.74 Å². The summed E-state index contributed by atoms with van der Waals surface area (Å²) in [5.74, 6) is 2.40. The van der Waals surface area contributed by atoms with Crippen molar-refractivity contribution in [1.29, 1.82) is 0 Å². The summed E-state index contributed by atoms with van der Waals surface area (Å²) in [6.45, 7) is 7.45. The molecule has 1 atom stereocenters. The number of ether oxygens (including phenoxy) is 1. The highest BCUT2D eigenvalue weighted by Crippen LogP contribution is 2.26. The monoisotopic (exact) mass is 342 g/mol. The molecule has 3 heterocycles. The van der Waals surface area contributed by atoms with Crippen LogP contribution in [0, 0.1) is 5.92 Å². The van der Waals surface area contributed by atoms with Crippen LogP contribution in [0.2, 0.25) is 0 Å². The lowest BCUT2D eigenvalue weighted by Gasteiger charge is -2.28. The number of morpholine rings is 1. The Morgan fingerprint density at radius 3 is 2.76 bits per heavy atom. The molecule has 7 nitrogen and oxygen atoms in total. The normalized spacial score (nSPS) is 16.0. The number of hydrogen-bond donors (Lipinski definition) is 2. The Kier molecular flexibility index (Phi) is 5.65. The van der Waals surface area contributed by atoms with Gasteiger partial charge < -0.3 is 20.7 Å². The molecule has 2 aromatic rings. The molecule has 0 unspecified atom stereocenters. The van der Waals surface area contributed by atoms with Crippen LogP contribution in [-0.2, 0) is 4.74 Å². The number of hydrogen-bond acceptors (Lipinski definition) is 7. The zero-order chi connectivity index (χ0) is 17.6. The molecule has 134 valence electrons. The van der Waals surface area contributed by atoms with Crippen LogP contribution in [-0.4, -0.2) is 41.3 Å². The van der Waals surface area contributed by atoms with Gasteiger partial charge in [0.25, 0.3) is 0 Å². The lowest BCUT2D eigenvalue weighted by atomic mass is 9.98. The summed E-state index contributed by atoms with van der Waals surface area (Å²) in [7, 11) is 0. The van der Waals surface area contributed by atoms with E-state index in [1.807, 2.05) is 18.3 Å². The fourth-order valence-electron chi connectivity index (χ4n) is 2.99. The third-order valence-electron chi connectivity index (χ3n) is 4.18. The van der Waals surface area contributed by atoms with E-state index in [9.17, 15) is 0 Å². The van der Waals surface area contributed by atoms with E-state index in [0.717, 1.165) is 36.7 Å². The summed E-state index contributed by atoms with van der Waals surface area (Å²) in [5, 5.41) is 3.52. The first-order valence-electron chi connectivity index (χ1n) is 8.75. The summed E-state index contributed by atoms with van der Waals surface area (Å²) < 4.78 is 5.41. The molecule has 1 saturated heterocycles. The van der Waals surface area contributed by atoms with Gasteiger partial charge in [-0.25, -0.2) is 0 Å². The maximum absolute atomic E-state index is 5.95. The van der Waals surface area contributed by atoms with Crippen molar-refractivity contribution in [3.05, 3.63) is 36.2 Å². The summed E-state index contributed by atoms with van der Waals surface area (Å²) in [5.41, 5.74) is 7.09. The molecule has 1 aliphatic rings. The SMILES string of the molecule is CC(C)C[C@H](Nc1cc(N2CCOCC2)nc(N)n1)c1cccnc1. The first kappa shape index (κ1) is 17.4. The molecule has 7 heteroatoms. The third kappa shape index (κ3) is 4.79. The number of aromatic nitrogens is 3. The van der Waals surface area contributed by atoms with Crippen molar-refractivity contribution in [3.63, 3.8) is 0 Å². The smallest absolute Gasteiger partial charge is 0.223 e. The van der Waals surface area contributed by atoms with Crippen LogP contribution in [0.25, 0.3) is 0 Å². The second-order valence-electron chi connectivity index (χ2n) is 6.68. The quantitative estimate of drug-likeness (QED) is 0.833. The van der Waals surface area contributed by atoms with Gasteiger partial charge in [0.2, 0.25) is 5.95 Å². The van der Waals surface area contributed by atoms with Crippen molar-refractivity contribution in [3.8, 4) is 0 Å². The van der Waals surface area contributed by atoms with Crippen LogP contribution in [0.1, 0.15) is 31.9 Å². The van der Waals surface area contributed by atoms with E-state index in [1.54, 1.807) is 6.20 Å². The van der Waals surface area contributed by atoms with Crippen LogP contribution in [0.4, 0.5) is 17.6 Å². The van der Waals surface area contributed by atoms with Gasteiger partial charge in [-0.05, 0) is 24.0 Å². The van der Waals surface area contributed by atoms with Crippen molar-refractivity contribution in [2.24, 2.45) is 5.92 Å². The molecular weight excluding hydrogens is 316 g/mol. The average Bonchev–Trinajstić information content (AvgIpc) is 2.62. The predicted molar refractivity (Wildman–Crippen MR) is 99.5 cm³/mol. The molecule has 0 amide bonds. The number of anilines is 3. The fourth-order valence-corrected chi connectivity index (χ4v) is 2.99. The Bertz CT molecular complexity index is 673. The molecule has 3 N–H and O–H groups in total. The Morgan fingerprint density at radius 1 is 1.28 bits per heavy atom. The molecule has 25 heavy (non-hydrogen) atoms. The molecule has 0 radical (unpaired) electrons. The second-order valence-corrected chi connectivity index (χ2v) is 6.68. The van der Waals surface area contributed by atoms with E-state index in [-0.39, 0.29) is 12.0 Å². The minimum absolute atomic E-state index is 0.125. The predicted octanol–water partition coefficient (Wildman–Crippen LogP) is 2.49. The molecule has 0 bridgehead atoms. The standard InChI is InChI=1S/C18H26N6O/c1-13(2)10-15(14-4-3-5-20-12-14)21-16-11-17(23-18(19)22-16)24-6-8-25-9-7-24/h3-5,11-13,15H,6-10H2,1-2H3,(H3,19,21,22,23)/t15-/m0/s1. The first-order chi connectivity index (χ1) is 12.1. The van der Waals surface area contributed by atoms with Crippen LogP contribution in [0.5, 0.6) is 0 Å². The minimum Gasteiger partial charge on any atom is -0.378 e. The highest BCUT2D eigenvalue weighted by molar-refractivity contribution is 5.53. The number of pyridine rings is 1. The van der Waals surface area contributed by atoms with E-state index in [0.29, 0.717) is 19.1 Å². The maximum atomic E-state index is 5.95. The molecule has 1 aliphatic heterocycles. The van der Waals surface area contributed by atoms with Gasteiger partial charge in [-0.15, -0.1) is 0 Å². The van der Waals surface area contributed by atoms with Gasteiger partial charge in [0.1, 0.15) is 11.6 Å². The molecule has 0 spiro atoms. The molecule has 0 aromatic carbocycles. The molecule has 3 rings (SSSR count). The number of nitrogens with one attached hydrogen (secondary N) is 1. The summed E-state index contributed by atoms with van der Waals surface area (Å²) >= 11 is 0. The lowest BCUT2D eigenvalue weighted by Crippen LogP contribution is -2.37. The van der Waals surface area contributed by atoms with Gasteiger partial charge in [-0.2, -0.15) is 9.97 Å². The Balaban J connectivity index is 1.82. The topological polar surface area (TPSA) is 89.2 Å². The van der Waals surface area contributed by atoms with E-state index in [4.69, 9.17) is 10.5 Å². The Hall–Kier alpha value is -2.41. The van der Waals surface area contributed by atoms with Crippen LogP contribution in [0.15, 0.2) is 30.6 Å². The van der Waals surface area contributed by atoms with Gasteiger partial charge >= 0.3 is 0 Å². The van der Waals surface area contributed by atoms with Crippen LogP contribution in [0.3, 0.4) is 0 Å². The van der Waals surface area contributed by atoms with Gasteiger partial charge in [0.05, 0.1) is 19.3 Å². The van der Waals surface area contributed by atoms with Gasteiger partial charge in [-0.1, -0.05) is 19.9 Å². The van der Waals surface area contributed by atoms with Crippen molar-refractivity contribution in [1.82, 2.24) is 15.0 Å². The fraction of sp³-hybridized carbons (Fsp3) is 0.500. The van der Waals surface area contributed by atoms with Crippen molar-refractivity contribution in [2.75, 3.05) is 42.3 Å². The van der Waals surface area contributed by atoms with Gasteiger partial charge in [0, 0.05) is 31.5 Å². The largest absolute Gasteiger partial charge is 0.378 e. The second kappa shape index (κ2) is 8.11. The van der Waals surface area contributed by atoms with E-state index >= 15 is 0 Å². The van der Waals surface area contributed by atoms with Gasteiger partial charge in [-0.3, -0.25) is 4.98 Å². The highest BCUT2D eigenvalue weighted by atomic mass is 16.5. The molecule has 2 aromatic heterocycles. The Labute approximate surface area is 148 Å². The zero-order valence-corrected chi connectivity index (χ0v) is 14.9. The van der Waals surface area contributed by atoms with Crippen LogP contribution >= 0.6 is 0 Å². The van der Waals surface area contributed by atoms with Gasteiger partial charge in [0.15, 0.2) is 0 Å².